The van der Waals surface area contributed by atoms with Gasteiger partial charge in [0, 0.05) is 24.7 Å². The van der Waals surface area contributed by atoms with Crippen LogP contribution in [0.25, 0.3) is 0 Å². The minimum atomic E-state index is -0.767. The smallest absolute Gasteiger partial charge is 0.257 e. The van der Waals surface area contributed by atoms with E-state index in [-0.39, 0.29) is 28.4 Å². The summed E-state index contributed by atoms with van der Waals surface area (Å²) >= 11 is 4.96. The zero-order chi connectivity index (χ0) is 14.0. The van der Waals surface area contributed by atoms with E-state index >= 15 is 0 Å². The quantitative estimate of drug-likeness (QED) is 0.727. The number of benzene rings is 1. The van der Waals surface area contributed by atoms with Gasteiger partial charge in [-0.15, -0.1) is 0 Å². The lowest BCUT2D eigenvalue weighted by Crippen LogP contribution is -2.36. The van der Waals surface area contributed by atoms with E-state index in [1.54, 1.807) is 0 Å². The van der Waals surface area contributed by atoms with Crippen molar-refractivity contribution in [1.82, 2.24) is 5.32 Å². The lowest BCUT2D eigenvalue weighted by molar-refractivity contribution is -0.117. The molecule has 0 unspecified atom stereocenters. The summed E-state index contributed by atoms with van der Waals surface area (Å²) in [7, 11) is 0. The molecule has 0 radical (unpaired) electrons. The SMILES string of the molecule is O=C1NCCC(O)=C1C(=S)Nc1cc(F)cc(F)c1. The first kappa shape index (κ1) is 13.4. The van der Waals surface area contributed by atoms with Crippen LogP contribution in [0.2, 0.25) is 0 Å². The van der Waals surface area contributed by atoms with Gasteiger partial charge in [0.25, 0.3) is 5.91 Å². The van der Waals surface area contributed by atoms with Crippen molar-refractivity contribution >= 4 is 28.8 Å². The Hall–Kier alpha value is -2.02. The molecule has 0 atom stereocenters. The fourth-order valence-electron chi connectivity index (χ4n) is 1.69. The summed E-state index contributed by atoms with van der Waals surface area (Å²) < 4.78 is 26.0. The number of thiocarbonyl (C=S) groups is 1. The molecule has 2 rings (SSSR count). The largest absolute Gasteiger partial charge is 0.511 e. The van der Waals surface area contributed by atoms with Crippen molar-refractivity contribution in [2.45, 2.75) is 6.42 Å². The third kappa shape index (κ3) is 3.05. The van der Waals surface area contributed by atoms with E-state index < -0.39 is 17.5 Å². The van der Waals surface area contributed by atoms with Crippen molar-refractivity contribution in [3.8, 4) is 0 Å². The summed E-state index contributed by atoms with van der Waals surface area (Å²) in [6, 6.07) is 2.79. The average molecular weight is 284 g/mol. The zero-order valence-corrected chi connectivity index (χ0v) is 10.5. The van der Waals surface area contributed by atoms with Crippen molar-refractivity contribution in [2.75, 3.05) is 11.9 Å². The number of nitrogens with one attached hydrogen (secondary N) is 2. The van der Waals surface area contributed by atoms with Gasteiger partial charge in [-0.1, -0.05) is 12.2 Å². The first-order valence-electron chi connectivity index (χ1n) is 5.45. The van der Waals surface area contributed by atoms with Crippen LogP contribution in [-0.2, 0) is 4.79 Å². The normalized spacial score (nSPS) is 15.2. The molecule has 0 spiro atoms. The number of hydrogen-bond acceptors (Lipinski definition) is 3. The van der Waals surface area contributed by atoms with Crippen LogP contribution in [0, 0.1) is 11.6 Å². The number of halogens is 2. The van der Waals surface area contributed by atoms with Crippen LogP contribution in [0.1, 0.15) is 6.42 Å². The number of aliphatic hydroxyl groups is 1. The summed E-state index contributed by atoms with van der Waals surface area (Å²) in [5.74, 6) is -2.19. The number of hydrogen-bond donors (Lipinski definition) is 3. The Morgan fingerprint density at radius 3 is 2.53 bits per heavy atom. The highest BCUT2D eigenvalue weighted by molar-refractivity contribution is 7.81. The Balaban J connectivity index is 2.23. The van der Waals surface area contributed by atoms with Crippen LogP contribution in [0.5, 0.6) is 0 Å². The number of aliphatic hydroxyl groups excluding tert-OH is 1. The molecule has 0 bridgehead atoms. The van der Waals surface area contributed by atoms with E-state index in [2.05, 4.69) is 10.6 Å². The van der Waals surface area contributed by atoms with E-state index in [4.69, 9.17) is 12.2 Å². The van der Waals surface area contributed by atoms with Crippen LogP contribution < -0.4 is 10.6 Å². The van der Waals surface area contributed by atoms with Crippen molar-refractivity contribution in [2.24, 2.45) is 0 Å². The van der Waals surface area contributed by atoms with Crippen LogP contribution in [-0.4, -0.2) is 22.5 Å². The van der Waals surface area contributed by atoms with Crippen molar-refractivity contribution < 1.29 is 18.7 Å². The number of rotatable bonds is 2. The molecule has 1 aromatic rings. The number of carbonyl (C=O) groups is 1. The second-order valence-electron chi connectivity index (χ2n) is 3.94. The third-order valence-electron chi connectivity index (χ3n) is 2.51. The van der Waals surface area contributed by atoms with Crippen LogP contribution in [0.4, 0.5) is 14.5 Å². The van der Waals surface area contributed by atoms with Gasteiger partial charge in [-0.3, -0.25) is 4.79 Å². The molecule has 1 aliphatic rings. The van der Waals surface area contributed by atoms with Gasteiger partial charge < -0.3 is 15.7 Å². The van der Waals surface area contributed by atoms with Crippen LogP contribution in [0.3, 0.4) is 0 Å². The van der Waals surface area contributed by atoms with Crippen LogP contribution in [0.15, 0.2) is 29.5 Å². The van der Waals surface area contributed by atoms with Gasteiger partial charge in [0.05, 0.1) is 0 Å². The molecule has 1 aromatic carbocycles. The Bertz CT molecular complexity index is 567. The van der Waals surface area contributed by atoms with Gasteiger partial charge in [0.15, 0.2) is 0 Å². The predicted octanol–water partition coefficient (Wildman–Crippen LogP) is 2.04. The second kappa shape index (κ2) is 5.31. The van der Waals surface area contributed by atoms with Crippen molar-refractivity contribution in [3.63, 3.8) is 0 Å². The number of carbonyl (C=O) groups excluding carboxylic acids is 1. The monoisotopic (exact) mass is 284 g/mol. The van der Waals surface area contributed by atoms with Crippen molar-refractivity contribution in [3.05, 3.63) is 41.2 Å². The highest BCUT2D eigenvalue weighted by atomic mass is 32.1. The molecule has 1 amide bonds. The van der Waals surface area contributed by atoms with E-state index in [9.17, 15) is 18.7 Å². The topological polar surface area (TPSA) is 61.4 Å². The molecule has 4 nitrogen and oxygen atoms in total. The summed E-state index contributed by atoms with van der Waals surface area (Å²) in [5.41, 5.74) is -0.00732. The molecule has 19 heavy (non-hydrogen) atoms. The Morgan fingerprint density at radius 1 is 1.32 bits per heavy atom. The highest BCUT2D eigenvalue weighted by Crippen LogP contribution is 2.17. The Morgan fingerprint density at radius 2 is 1.95 bits per heavy atom. The molecule has 100 valence electrons. The fourth-order valence-corrected chi connectivity index (χ4v) is 2.02. The van der Waals surface area contributed by atoms with Gasteiger partial charge in [-0.05, 0) is 12.1 Å². The first-order chi connectivity index (χ1) is 8.97. The lowest BCUT2D eigenvalue weighted by atomic mass is 10.1. The van der Waals surface area contributed by atoms with E-state index in [0.717, 1.165) is 18.2 Å². The molecule has 0 aliphatic carbocycles. The maximum absolute atomic E-state index is 13.0. The lowest BCUT2D eigenvalue weighted by Gasteiger charge is -2.18. The van der Waals surface area contributed by atoms with Crippen molar-refractivity contribution in [1.29, 1.82) is 0 Å². The fraction of sp³-hybridized carbons (Fsp3) is 0.167. The summed E-state index contributed by atoms with van der Waals surface area (Å²) in [6.07, 6.45) is 0.264. The van der Waals surface area contributed by atoms with Gasteiger partial charge >= 0.3 is 0 Å². The summed E-state index contributed by atoms with van der Waals surface area (Å²) in [4.78, 5) is 11.5. The maximum Gasteiger partial charge on any atom is 0.257 e. The molecule has 0 aromatic heterocycles. The van der Waals surface area contributed by atoms with E-state index in [1.165, 1.54) is 0 Å². The third-order valence-corrected chi connectivity index (χ3v) is 2.82. The Labute approximate surface area is 113 Å². The molecular formula is C12H10F2N2O2S. The van der Waals surface area contributed by atoms with E-state index in [0.29, 0.717) is 6.54 Å². The van der Waals surface area contributed by atoms with Gasteiger partial charge in [-0.25, -0.2) is 8.78 Å². The van der Waals surface area contributed by atoms with Gasteiger partial charge in [0.2, 0.25) is 0 Å². The maximum atomic E-state index is 13.0. The summed E-state index contributed by atoms with van der Waals surface area (Å²) in [6.45, 7) is 0.325. The number of anilines is 1. The first-order valence-corrected chi connectivity index (χ1v) is 5.86. The van der Waals surface area contributed by atoms with Crippen LogP contribution >= 0.6 is 12.2 Å². The van der Waals surface area contributed by atoms with Gasteiger partial charge in [-0.2, -0.15) is 0 Å². The predicted molar refractivity (Wildman–Crippen MR) is 69.9 cm³/mol. The minimum absolute atomic E-state index is 0.0705. The average Bonchev–Trinajstić information content (AvgIpc) is 2.26. The molecule has 0 fully saturated rings. The van der Waals surface area contributed by atoms with E-state index in [1.807, 2.05) is 0 Å². The Kier molecular flexibility index (Phi) is 3.75. The molecule has 3 N–H and O–H groups in total. The molecule has 1 heterocycles. The molecule has 1 aliphatic heterocycles. The zero-order valence-electron chi connectivity index (χ0n) is 9.67. The van der Waals surface area contributed by atoms with Gasteiger partial charge in [0.1, 0.15) is 28.0 Å². The molecule has 0 saturated carbocycles. The standard InChI is InChI=1S/C12H10F2N2O2S/c13-6-3-7(14)5-8(4-6)16-12(19)10-9(17)1-2-15-11(10)18/h3-5,17H,1-2H2,(H,15,18)(H,16,19). The molecular weight excluding hydrogens is 274 g/mol. The number of amides is 1. The molecule has 7 heteroatoms. The molecule has 0 saturated heterocycles. The highest BCUT2D eigenvalue weighted by Gasteiger charge is 2.23. The second-order valence-corrected chi connectivity index (χ2v) is 4.35. The summed E-state index contributed by atoms with van der Waals surface area (Å²) in [5, 5.41) is 14.7. The minimum Gasteiger partial charge on any atom is -0.511 e.